The van der Waals surface area contributed by atoms with Crippen LogP contribution in [0.2, 0.25) is 0 Å². The molecule has 1 amide bonds. The Morgan fingerprint density at radius 1 is 1.22 bits per heavy atom. The molecule has 1 aliphatic rings. The van der Waals surface area contributed by atoms with E-state index in [1.807, 2.05) is 31.2 Å². The molecule has 0 aliphatic heterocycles. The first-order valence-corrected chi connectivity index (χ1v) is 8.78. The van der Waals surface area contributed by atoms with E-state index < -0.39 is 5.60 Å². The molecule has 1 saturated carbocycles. The Morgan fingerprint density at radius 3 is 2.43 bits per heavy atom. The van der Waals surface area contributed by atoms with E-state index in [0.717, 1.165) is 43.5 Å². The van der Waals surface area contributed by atoms with Crippen LogP contribution in [-0.2, 0) is 9.53 Å². The minimum Gasteiger partial charge on any atom is -0.494 e. The highest BCUT2D eigenvalue weighted by Gasteiger charge is 2.42. The molecule has 0 atom stereocenters. The topological polar surface area (TPSA) is 47.6 Å². The Bertz CT molecular complexity index is 484. The van der Waals surface area contributed by atoms with Gasteiger partial charge in [-0.25, -0.2) is 0 Å². The predicted molar refractivity (Wildman–Crippen MR) is 92.8 cm³/mol. The van der Waals surface area contributed by atoms with Crippen molar-refractivity contribution in [3.8, 4) is 5.75 Å². The minimum absolute atomic E-state index is 0.0120. The van der Waals surface area contributed by atoms with Gasteiger partial charge in [-0.15, -0.1) is 0 Å². The van der Waals surface area contributed by atoms with Gasteiger partial charge in [0.05, 0.1) is 6.61 Å². The SMILES string of the molecule is CCCOC1(C(=O)Nc2ccc(OCC)cc2)CCC(C)CC1. The van der Waals surface area contributed by atoms with E-state index in [9.17, 15) is 4.79 Å². The van der Waals surface area contributed by atoms with E-state index >= 15 is 0 Å². The largest absolute Gasteiger partial charge is 0.494 e. The molecule has 4 nitrogen and oxygen atoms in total. The van der Waals surface area contributed by atoms with Crippen LogP contribution >= 0.6 is 0 Å². The molecular weight excluding hydrogens is 290 g/mol. The van der Waals surface area contributed by atoms with Crippen molar-refractivity contribution in [2.24, 2.45) is 5.92 Å². The normalized spacial score (nSPS) is 24.2. The fourth-order valence-corrected chi connectivity index (χ4v) is 3.01. The van der Waals surface area contributed by atoms with Crippen molar-refractivity contribution in [1.82, 2.24) is 0 Å². The molecular formula is C19H29NO3. The number of anilines is 1. The quantitative estimate of drug-likeness (QED) is 0.810. The van der Waals surface area contributed by atoms with Gasteiger partial charge in [-0.3, -0.25) is 4.79 Å². The Kier molecular flexibility index (Phi) is 6.46. The first kappa shape index (κ1) is 17.8. The molecule has 0 unspecified atom stereocenters. The fourth-order valence-electron chi connectivity index (χ4n) is 3.01. The lowest BCUT2D eigenvalue weighted by atomic mass is 9.78. The predicted octanol–water partition coefficient (Wildman–Crippen LogP) is 4.40. The highest BCUT2D eigenvalue weighted by atomic mass is 16.5. The van der Waals surface area contributed by atoms with Gasteiger partial charge < -0.3 is 14.8 Å². The summed E-state index contributed by atoms with van der Waals surface area (Å²) in [6.45, 7) is 7.54. The maximum atomic E-state index is 12.8. The Labute approximate surface area is 139 Å². The van der Waals surface area contributed by atoms with Crippen LogP contribution in [0.4, 0.5) is 5.69 Å². The number of hydrogen-bond acceptors (Lipinski definition) is 3. The van der Waals surface area contributed by atoms with Gasteiger partial charge >= 0.3 is 0 Å². The fraction of sp³-hybridized carbons (Fsp3) is 0.632. The third kappa shape index (κ3) is 4.71. The summed E-state index contributed by atoms with van der Waals surface area (Å²) in [7, 11) is 0. The molecule has 128 valence electrons. The second-order valence-corrected chi connectivity index (χ2v) is 6.44. The average molecular weight is 319 g/mol. The van der Waals surface area contributed by atoms with E-state index in [1.165, 1.54) is 0 Å². The van der Waals surface area contributed by atoms with Gasteiger partial charge in [0, 0.05) is 12.3 Å². The molecule has 1 aliphatic carbocycles. The number of hydrogen-bond donors (Lipinski definition) is 1. The maximum absolute atomic E-state index is 12.8. The molecule has 0 heterocycles. The smallest absolute Gasteiger partial charge is 0.256 e. The van der Waals surface area contributed by atoms with Gasteiger partial charge in [-0.05, 0) is 69.2 Å². The van der Waals surface area contributed by atoms with E-state index in [0.29, 0.717) is 19.1 Å². The van der Waals surface area contributed by atoms with Crippen molar-refractivity contribution in [1.29, 1.82) is 0 Å². The average Bonchev–Trinajstić information content (AvgIpc) is 2.56. The maximum Gasteiger partial charge on any atom is 0.256 e. The first-order chi connectivity index (χ1) is 11.1. The second-order valence-electron chi connectivity index (χ2n) is 6.44. The van der Waals surface area contributed by atoms with Crippen molar-refractivity contribution < 1.29 is 14.3 Å². The van der Waals surface area contributed by atoms with Gasteiger partial charge in [0.1, 0.15) is 11.4 Å². The van der Waals surface area contributed by atoms with Crippen LogP contribution in [0.5, 0.6) is 5.75 Å². The number of rotatable bonds is 7. The van der Waals surface area contributed by atoms with Gasteiger partial charge in [-0.1, -0.05) is 13.8 Å². The molecule has 1 aromatic carbocycles. The van der Waals surface area contributed by atoms with E-state index in [4.69, 9.17) is 9.47 Å². The van der Waals surface area contributed by atoms with E-state index in [-0.39, 0.29) is 5.91 Å². The lowest BCUT2D eigenvalue weighted by Crippen LogP contribution is -2.48. The molecule has 0 aromatic heterocycles. The van der Waals surface area contributed by atoms with Crippen LogP contribution < -0.4 is 10.1 Å². The summed E-state index contributed by atoms with van der Waals surface area (Å²) in [6, 6.07) is 7.51. The summed E-state index contributed by atoms with van der Waals surface area (Å²) in [5.41, 5.74) is 0.123. The van der Waals surface area contributed by atoms with Crippen molar-refractivity contribution in [2.45, 2.75) is 58.5 Å². The molecule has 0 saturated heterocycles. The molecule has 4 heteroatoms. The van der Waals surface area contributed by atoms with E-state index in [1.54, 1.807) is 0 Å². The van der Waals surface area contributed by atoms with Crippen LogP contribution in [-0.4, -0.2) is 24.7 Å². The van der Waals surface area contributed by atoms with Gasteiger partial charge in [-0.2, -0.15) is 0 Å². The minimum atomic E-state index is -0.666. The van der Waals surface area contributed by atoms with Crippen LogP contribution in [0.25, 0.3) is 0 Å². The number of benzene rings is 1. The van der Waals surface area contributed by atoms with Crippen molar-refractivity contribution in [3.63, 3.8) is 0 Å². The summed E-state index contributed by atoms with van der Waals surface area (Å²) < 4.78 is 11.5. The molecule has 1 aromatic rings. The number of nitrogens with one attached hydrogen (secondary N) is 1. The summed E-state index contributed by atoms with van der Waals surface area (Å²) in [5, 5.41) is 3.03. The summed E-state index contributed by atoms with van der Waals surface area (Å²) in [5.74, 6) is 1.47. The molecule has 1 N–H and O–H groups in total. The number of ether oxygens (including phenoxy) is 2. The van der Waals surface area contributed by atoms with E-state index in [2.05, 4.69) is 19.2 Å². The molecule has 23 heavy (non-hydrogen) atoms. The zero-order chi connectivity index (χ0) is 16.7. The number of carbonyl (C=O) groups is 1. The van der Waals surface area contributed by atoms with Crippen molar-refractivity contribution in [3.05, 3.63) is 24.3 Å². The van der Waals surface area contributed by atoms with Crippen LogP contribution in [0.1, 0.15) is 52.9 Å². The number of carbonyl (C=O) groups excluding carboxylic acids is 1. The highest BCUT2D eigenvalue weighted by Crippen LogP contribution is 2.36. The van der Waals surface area contributed by atoms with Crippen molar-refractivity contribution >= 4 is 11.6 Å². The molecule has 1 fully saturated rings. The van der Waals surface area contributed by atoms with Gasteiger partial charge in [0.15, 0.2) is 0 Å². The Morgan fingerprint density at radius 2 is 1.87 bits per heavy atom. The third-order valence-electron chi connectivity index (χ3n) is 4.50. The zero-order valence-electron chi connectivity index (χ0n) is 14.6. The molecule has 0 bridgehead atoms. The monoisotopic (exact) mass is 319 g/mol. The Balaban J connectivity index is 2.04. The summed E-state index contributed by atoms with van der Waals surface area (Å²) >= 11 is 0. The number of amides is 1. The summed E-state index contributed by atoms with van der Waals surface area (Å²) in [6.07, 6.45) is 4.61. The lowest BCUT2D eigenvalue weighted by Gasteiger charge is -2.38. The second kappa shape index (κ2) is 8.34. The molecule has 2 rings (SSSR count). The summed E-state index contributed by atoms with van der Waals surface area (Å²) in [4.78, 5) is 12.8. The zero-order valence-corrected chi connectivity index (χ0v) is 14.6. The third-order valence-corrected chi connectivity index (χ3v) is 4.50. The highest BCUT2D eigenvalue weighted by molar-refractivity contribution is 5.97. The van der Waals surface area contributed by atoms with Gasteiger partial charge in [0.2, 0.25) is 0 Å². The van der Waals surface area contributed by atoms with Crippen LogP contribution in [0, 0.1) is 5.92 Å². The molecule has 0 radical (unpaired) electrons. The Hall–Kier alpha value is -1.55. The van der Waals surface area contributed by atoms with Crippen LogP contribution in [0.3, 0.4) is 0 Å². The molecule has 0 spiro atoms. The van der Waals surface area contributed by atoms with Gasteiger partial charge in [0.25, 0.3) is 5.91 Å². The standard InChI is InChI=1S/C19H29NO3/c1-4-14-23-19(12-10-15(3)11-13-19)18(21)20-16-6-8-17(9-7-16)22-5-2/h6-9,15H,4-5,10-14H2,1-3H3,(H,20,21). The first-order valence-electron chi connectivity index (χ1n) is 8.78. The lowest BCUT2D eigenvalue weighted by molar-refractivity contribution is -0.147. The van der Waals surface area contributed by atoms with Crippen LogP contribution in [0.15, 0.2) is 24.3 Å². The van der Waals surface area contributed by atoms with Crippen molar-refractivity contribution in [2.75, 3.05) is 18.5 Å².